The highest BCUT2D eigenvalue weighted by atomic mass is 16.6. The fourth-order valence-corrected chi connectivity index (χ4v) is 13.6. The summed E-state index contributed by atoms with van der Waals surface area (Å²) >= 11 is 0. The number of fused-ring (bicyclic) bond motifs is 4. The lowest BCUT2D eigenvalue weighted by molar-refractivity contribution is -0.137. The third kappa shape index (κ3) is 24.8. The van der Waals surface area contributed by atoms with Crippen LogP contribution in [-0.2, 0) is 97.6 Å². The number of hydrogen-bond donors (Lipinski definition) is 5. The van der Waals surface area contributed by atoms with Crippen molar-refractivity contribution in [1.82, 2.24) is 25.3 Å². The van der Waals surface area contributed by atoms with E-state index in [1.807, 2.05) is 38.1 Å². The van der Waals surface area contributed by atoms with E-state index in [1.165, 1.54) is 30.9 Å². The first-order valence-corrected chi connectivity index (χ1v) is 38.1. The van der Waals surface area contributed by atoms with Gasteiger partial charge in [-0.1, -0.05) is 56.3 Å². The minimum absolute atomic E-state index is 0.0138. The van der Waals surface area contributed by atoms with Crippen LogP contribution < -0.4 is 34.6 Å². The van der Waals surface area contributed by atoms with Crippen LogP contribution in [0.3, 0.4) is 0 Å². The topological polar surface area (TPSA) is 365 Å². The number of hydrogen-bond acceptors (Lipinski definition) is 25. The number of ketones is 2. The minimum atomic E-state index is -1.46. The van der Waals surface area contributed by atoms with Gasteiger partial charge in [0.1, 0.15) is 37.6 Å². The first-order valence-electron chi connectivity index (χ1n) is 38.1. The Bertz CT molecular complexity index is 3810. The van der Waals surface area contributed by atoms with Crippen LogP contribution in [0.15, 0.2) is 84.9 Å². The Morgan fingerprint density at radius 3 is 1.62 bits per heavy atom. The molecule has 5 aliphatic rings. The predicted molar refractivity (Wildman–Crippen MR) is 404 cm³/mol. The van der Waals surface area contributed by atoms with Gasteiger partial charge in [-0.15, -0.1) is 0 Å². The van der Waals surface area contributed by atoms with Crippen LogP contribution in [-0.4, -0.2) is 260 Å². The van der Waals surface area contributed by atoms with Crippen molar-refractivity contribution >= 4 is 71.5 Å². The second kappa shape index (κ2) is 43.8. The molecule has 604 valence electrons. The molecule has 31 nitrogen and oxygen atoms in total. The standard InChI is InChI=1S/C79H106BN7O24/c1-52(2)60(45-59(88)21-26-101-28-30-103-32-34-105-36-38-107-40-41-108-39-37-106-35-33-104-31-29-102-27-22-81-71(90)20-25-85-72(91)18-19-73(85)92)74(93)82-54(4)67(89)44-55-14-16-56(17-15-55)49-111-79(98)86-65-47-68(53(3)42-61(65)75(94)83-23-8-12-63(83)77(86)96)109-50-57-10-7-11-58(43-57)51-110-70-48-66-62(46-69(70)100-6)76(95)84-24-9-13-64(84)78(97)87(66)80(5)99/h7,10-11,14-19,42-43,46-48,52,54,60,63-64,77-78,96-97,99H,8-9,12-13,20-41,44-45,49-51H2,1-6H3,(H,81,90)(H,82,93)/t54-,60-,63-,64-,77-,78-/m0/s1. The molecular formula is C79H106BN7O24. The highest BCUT2D eigenvalue weighted by Crippen LogP contribution is 2.43. The highest BCUT2D eigenvalue weighted by Gasteiger charge is 2.47. The third-order valence-corrected chi connectivity index (χ3v) is 19.7. The van der Waals surface area contributed by atoms with Gasteiger partial charge in [0.05, 0.1) is 148 Å². The largest absolute Gasteiger partial charge is 0.493 e. The lowest BCUT2D eigenvalue weighted by Crippen LogP contribution is -2.53. The number of ether oxygens (including phenoxy) is 12. The van der Waals surface area contributed by atoms with E-state index in [9.17, 15) is 58.4 Å². The van der Waals surface area contributed by atoms with Crippen LogP contribution in [0.25, 0.3) is 0 Å². The zero-order valence-electron chi connectivity index (χ0n) is 64.3. The molecule has 2 fully saturated rings. The smallest absolute Gasteiger partial charge is 0.416 e. The van der Waals surface area contributed by atoms with Crippen LogP contribution in [0.4, 0.5) is 16.2 Å². The first kappa shape index (κ1) is 86.1. The lowest BCUT2D eigenvalue weighted by Gasteiger charge is -2.34. The van der Waals surface area contributed by atoms with E-state index in [0.29, 0.717) is 171 Å². The molecule has 4 aromatic rings. The Hall–Kier alpha value is -8.93. The monoisotopic (exact) mass is 1550 g/mol. The van der Waals surface area contributed by atoms with Crippen molar-refractivity contribution in [1.29, 1.82) is 0 Å². The Morgan fingerprint density at radius 1 is 0.577 bits per heavy atom. The maximum Gasteiger partial charge on any atom is 0.416 e. The number of methoxy groups -OCH3 is 1. The number of amides is 7. The van der Waals surface area contributed by atoms with Gasteiger partial charge in [-0.3, -0.25) is 43.3 Å². The number of rotatable bonds is 48. The number of nitrogens with one attached hydrogen (secondary N) is 2. The van der Waals surface area contributed by atoms with Crippen molar-refractivity contribution in [2.24, 2.45) is 11.8 Å². The number of imide groups is 1. The van der Waals surface area contributed by atoms with Gasteiger partial charge in [-0.25, -0.2) is 9.69 Å². The zero-order valence-corrected chi connectivity index (χ0v) is 64.3. The summed E-state index contributed by atoms with van der Waals surface area (Å²) in [7, 11) is 0.349. The number of anilines is 2. The molecule has 0 bridgehead atoms. The molecule has 0 unspecified atom stereocenters. The van der Waals surface area contributed by atoms with Gasteiger partial charge >= 0.3 is 13.1 Å². The molecule has 111 heavy (non-hydrogen) atoms. The second-order valence-corrected chi connectivity index (χ2v) is 28.0. The predicted octanol–water partition coefficient (Wildman–Crippen LogP) is 4.90. The van der Waals surface area contributed by atoms with E-state index >= 15 is 0 Å². The number of nitrogens with zero attached hydrogens (tertiary/aromatic N) is 5. The number of Topliss-reactive ketones (excluding diaryl/α,β-unsaturated/α-hetero) is 2. The lowest BCUT2D eigenvalue weighted by atomic mass is 9.82. The minimum Gasteiger partial charge on any atom is -0.493 e. The summed E-state index contributed by atoms with van der Waals surface area (Å²) < 4.78 is 68.5. The first-order chi connectivity index (χ1) is 53.6. The van der Waals surface area contributed by atoms with Crippen molar-refractivity contribution in [3.8, 4) is 17.2 Å². The normalized spacial score (nSPS) is 17.8. The van der Waals surface area contributed by atoms with E-state index < -0.39 is 67.4 Å². The summed E-state index contributed by atoms with van der Waals surface area (Å²) in [6.45, 7) is 15.4. The molecule has 32 heteroatoms. The van der Waals surface area contributed by atoms with Gasteiger partial charge in [0.2, 0.25) is 11.8 Å². The Labute approximate surface area is 647 Å². The second-order valence-electron chi connectivity index (χ2n) is 28.0. The van der Waals surface area contributed by atoms with Gasteiger partial charge in [0.15, 0.2) is 23.5 Å². The summed E-state index contributed by atoms with van der Waals surface area (Å²) in [5.41, 5.74) is 4.27. The van der Waals surface area contributed by atoms with Gasteiger partial charge in [0, 0.05) is 87.8 Å². The average molecular weight is 1550 g/mol. The molecule has 7 amide bonds. The summed E-state index contributed by atoms with van der Waals surface area (Å²) in [5.74, 6) is -2.43. The van der Waals surface area contributed by atoms with E-state index in [-0.39, 0.29) is 117 Å². The summed E-state index contributed by atoms with van der Waals surface area (Å²) in [5, 5.41) is 39.8. The Kier molecular flexibility index (Phi) is 33.9. The zero-order chi connectivity index (χ0) is 79.3. The maximum absolute atomic E-state index is 14.3. The van der Waals surface area contributed by atoms with Crippen LogP contribution >= 0.6 is 0 Å². The Balaban J connectivity index is 0.618. The SMILES string of the molecule is COc1cc2c(cc1OCc1cccc(COc3cc4c(cc3C)C(=O)N3CCC[C@H]3[C@H](O)N4C(=O)OCc3ccc(CC(=O)[C@H](C)NC(=O)[C@@H](CC(=O)CCOCCOCCOCCOCCOCCOCCOCCOCCNC(=O)CCN4C(=O)C=CC4=O)C(C)C)cc3)c1)N(B(C)O)[C@@H](O)[C@@H]1CCCN1C2=O. The number of benzene rings is 4. The summed E-state index contributed by atoms with van der Waals surface area (Å²) in [4.78, 5) is 124. The molecule has 9 rings (SSSR count). The van der Waals surface area contributed by atoms with Gasteiger partial charge in [-0.05, 0) is 98.3 Å². The number of aryl methyl sites for hydroxylation is 1. The van der Waals surface area contributed by atoms with Crippen molar-refractivity contribution in [2.75, 3.05) is 149 Å². The van der Waals surface area contributed by atoms with Crippen molar-refractivity contribution in [3.63, 3.8) is 0 Å². The van der Waals surface area contributed by atoms with Crippen molar-refractivity contribution < 1.29 is 115 Å². The molecule has 5 aliphatic heterocycles. The summed E-state index contributed by atoms with van der Waals surface area (Å²) in [6.07, 6.45) is 1.38. The third-order valence-electron chi connectivity index (χ3n) is 19.7. The Morgan fingerprint density at radius 2 is 1.08 bits per heavy atom. The number of aliphatic hydroxyl groups excluding tert-OH is 2. The number of carbonyl (C=O) groups excluding carboxylic acids is 9. The molecular weight excluding hydrogens is 1440 g/mol. The fraction of sp³-hybridized carbons (Fsp3) is 0.557. The van der Waals surface area contributed by atoms with E-state index in [2.05, 4.69) is 10.6 Å². The van der Waals surface area contributed by atoms with Crippen LogP contribution in [0, 0.1) is 18.8 Å². The average Bonchev–Trinajstić information content (AvgIpc) is 1.61. The van der Waals surface area contributed by atoms with Gasteiger partial charge in [-0.2, -0.15) is 0 Å². The quantitative estimate of drug-likeness (QED) is 0.0223. The number of carbonyl (C=O) groups is 9. The van der Waals surface area contributed by atoms with Crippen LogP contribution in [0.2, 0.25) is 6.82 Å². The molecule has 0 aromatic heterocycles. The van der Waals surface area contributed by atoms with Crippen molar-refractivity contribution in [2.45, 2.75) is 136 Å². The van der Waals surface area contributed by atoms with E-state index in [0.717, 1.165) is 27.3 Å². The van der Waals surface area contributed by atoms with Crippen molar-refractivity contribution in [3.05, 3.63) is 124 Å². The molecule has 0 radical (unpaired) electrons. The van der Waals surface area contributed by atoms with E-state index in [4.69, 9.17) is 56.8 Å². The van der Waals surface area contributed by atoms with Crippen LogP contribution in [0.5, 0.6) is 17.2 Å². The van der Waals surface area contributed by atoms with Gasteiger partial charge < -0.3 is 97.3 Å². The van der Waals surface area contributed by atoms with Gasteiger partial charge in [0.25, 0.3) is 23.6 Å². The summed E-state index contributed by atoms with van der Waals surface area (Å²) in [6, 6.07) is 18.7. The molecule has 6 atom stereocenters. The molecule has 4 aromatic carbocycles. The fourth-order valence-electron chi connectivity index (χ4n) is 13.6. The molecule has 0 aliphatic carbocycles. The molecule has 5 heterocycles. The number of aliphatic hydroxyl groups is 2. The molecule has 0 spiro atoms. The van der Waals surface area contributed by atoms with E-state index in [1.54, 1.807) is 72.2 Å². The molecule has 5 N–H and O–H groups in total. The molecule has 2 saturated heterocycles. The van der Waals surface area contributed by atoms with Crippen LogP contribution in [0.1, 0.15) is 114 Å². The maximum atomic E-state index is 14.3. The highest BCUT2D eigenvalue weighted by molar-refractivity contribution is 6.54. The molecule has 0 saturated carbocycles.